The molecule has 1 amide bonds. The second kappa shape index (κ2) is 8.87. The van der Waals surface area contributed by atoms with Gasteiger partial charge < -0.3 is 19.3 Å². The number of benzene rings is 1. The van der Waals surface area contributed by atoms with Crippen LogP contribution in [0.5, 0.6) is 5.75 Å². The maximum Gasteiger partial charge on any atom is 0.253 e. The van der Waals surface area contributed by atoms with Crippen molar-refractivity contribution in [3.05, 3.63) is 29.8 Å². The zero-order valence-corrected chi connectivity index (χ0v) is 16.3. The fourth-order valence-electron chi connectivity index (χ4n) is 3.84. The second-order valence-electron chi connectivity index (χ2n) is 7.75. The minimum atomic E-state index is 0.0792. The summed E-state index contributed by atoms with van der Waals surface area (Å²) in [6.45, 7) is 7.97. The SMILES string of the molecule is CC(C)N1CCC(N(C)C(=O)c2cccc(OCC3CCCO3)c2)CC1. The molecule has 2 fully saturated rings. The molecule has 0 spiro atoms. The Balaban J connectivity index is 1.55. The molecular weight excluding hydrogens is 328 g/mol. The Morgan fingerprint density at radius 2 is 2.08 bits per heavy atom. The van der Waals surface area contributed by atoms with Crippen molar-refractivity contribution in [2.45, 2.75) is 57.7 Å². The fourth-order valence-corrected chi connectivity index (χ4v) is 3.84. The first-order chi connectivity index (χ1) is 12.5. The van der Waals surface area contributed by atoms with Crippen molar-refractivity contribution in [3.63, 3.8) is 0 Å². The van der Waals surface area contributed by atoms with Crippen molar-refractivity contribution >= 4 is 5.91 Å². The van der Waals surface area contributed by atoms with Crippen LogP contribution in [-0.2, 0) is 4.74 Å². The Labute approximate surface area is 157 Å². The number of piperidine rings is 1. The van der Waals surface area contributed by atoms with Crippen LogP contribution in [0.4, 0.5) is 0 Å². The highest BCUT2D eigenvalue weighted by Crippen LogP contribution is 2.21. The average Bonchev–Trinajstić information content (AvgIpc) is 3.19. The van der Waals surface area contributed by atoms with Gasteiger partial charge in [0, 0.05) is 44.4 Å². The fraction of sp³-hybridized carbons (Fsp3) is 0.667. The van der Waals surface area contributed by atoms with E-state index in [1.807, 2.05) is 36.2 Å². The number of nitrogens with zero attached hydrogens (tertiary/aromatic N) is 2. The number of likely N-dealkylation sites (tertiary alicyclic amines) is 1. The molecule has 0 bridgehead atoms. The summed E-state index contributed by atoms with van der Waals surface area (Å²) in [5.41, 5.74) is 0.698. The molecule has 0 N–H and O–H groups in total. The molecule has 1 aromatic rings. The maximum absolute atomic E-state index is 12.9. The third-order valence-corrected chi connectivity index (χ3v) is 5.64. The first-order valence-electron chi connectivity index (χ1n) is 9.90. The van der Waals surface area contributed by atoms with Gasteiger partial charge in [-0.25, -0.2) is 0 Å². The van der Waals surface area contributed by atoms with Crippen LogP contribution < -0.4 is 4.74 Å². The van der Waals surface area contributed by atoms with E-state index in [0.717, 1.165) is 51.1 Å². The van der Waals surface area contributed by atoms with E-state index >= 15 is 0 Å². The highest BCUT2D eigenvalue weighted by Gasteiger charge is 2.27. The largest absolute Gasteiger partial charge is 0.491 e. The molecule has 5 heteroatoms. The lowest BCUT2D eigenvalue weighted by atomic mass is 10.0. The van der Waals surface area contributed by atoms with Gasteiger partial charge in [-0.15, -0.1) is 0 Å². The molecular formula is C21H32N2O3. The van der Waals surface area contributed by atoms with Crippen LogP contribution in [0.15, 0.2) is 24.3 Å². The summed E-state index contributed by atoms with van der Waals surface area (Å²) in [6, 6.07) is 8.43. The first-order valence-corrected chi connectivity index (χ1v) is 9.90. The quantitative estimate of drug-likeness (QED) is 0.781. The molecule has 2 aliphatic heterocycles. The first kappa shape index (κ1) is 19.2. The van der Waals surface area contributed by atoms with E-state index in [2.05, 4.69) is 18.7 Å². The molecule has 1 atom stereocenters. The Hall–Kier alpha value is -1.59. The van der Waals surface area contributed by atoms with Crippen molar-refractivity contribution < 1.29 is 14.3 Å². The van der Waals surface area contributed by atoms with Crippen molar-refractivity contribution in [1.29, 1.82) is 0 Å². The van der Waals surface area contributed by atoms with Gasteiger partial charge in [0.1, 0.15) is 12.4 Å². The summed E-state index contributed by atoms with van der Waals surface area (Å²) in [7, 11) is 1.93. The number of amides is 1. The second-order valence-corrected chi connectivity index (χ2v) is 7.75. The molecule has 2 aliphatic rings. The Bertz CT molecular complexity index is 591. The lowest BCUT2D eigenvalue weighted by molar-refractivity contribution is 0.0612. The highest BCUT2D eigenvalue weighted by atomic mass is 16.5. The lowest BCUT2D eigenvalue weighted by Gasteiger charge is -2.38. The summed E-state index contributed by atoms with van der Waals surface area (Å²) in [6.07, 6.45) is 4.41. The van der Waals surface area contributed by atoms with Crippen LogP contribution in [0.2, 0.25) is 0 Å². The zero-order valence-electron chi connectivity index (χ0n) is 16.3. The standard InChI is InChI=1S/C21H32N2O3/c1-16(2)23-11-9-18(10-12-23)22(3)21(24)17-6-4-7-19(14-17)26-15-20-8-5-13-25-20/h4,6-7,14,16,18,20H,5,8-13,15H2,1-3H3. The van der Waals surface area contributed by atoms with Gasteiger partial charge in [-0.05, 0) is 57.7 Å². The summed E-state index contributed by atoms with van der Waals surface area (Å²) in [5.74, 6) is 0.824. The summed E-state index contributed by atoms with van der Waals surface area (Å²) >= 11 is 0. The molecule has 1 unspecified atom stereocenters. The maximum atomic E-state index is 12.9. The van der Waals surface area contributed by atoms with Crippen LogP contribution in [-0.4, -0.2) is 67.2 Å². The molecule has 5 nitrogen and oxygen atoms in total. The third-order valence-electron chi connectivity index (χ3n) is 5.64. The van der Waals surface area contributed by atoms with Crippen molar-refractivity contribution in [1.82, 2.24) is 9.80 Å². The van der Waals surface area contributed by atoms with Crippen molar-refractivity contribution in [2.24, 2.45) is 0 Å². The van der Waals surface area contributed by atoms with Crippen molar-refractivity contribution in [2.75, 3.05) is 33.4 Å². The van der Waals surface area contributed by atoms with Crippen LogP contribution in [0.1, 0.15) is 49.9 Å². The minimum Gasteiger partial charge on any atom is -0.491 e. The molecule has 144 valence electrons. The number of carbonyl (C=O) groups is 1. The van der Waals surface area contributed by atoms with Gasteiger partial charge in [0.15, 0.2) is 0 Å². The Kier molecular flexibility index (Phi) is 6.54. The summed E-state index contributed by atoms with van der Waals surface area (Å²) < 4.78 is 11.4. The molecule has 3 rings (SSSR count). The van der Waals surface area contributed by atoms with Crippen LogP contribution in [0.3, 0.4) is 0 Å². The minimum absolute atomic E-state index is 0.0792. The van der Waals surface area contributed by atoms with Gasteiger partial charge in [-0.1, -0.05) is 6.07 Å². The van der Waals surface area contributed by atoms with Gasteiger partial charge in [-0.3, -0.25) is 4.79 Å². The predicted molar refractivity (Wildman–Crippen MR) is 103 cm³/mol. The van der Waals surface area contributed by atoms with Gasteiger partial charge >= 0.3 is 0 Å². The number of hydrogen-bond donors (Lipinski definition) is 0. The lowest BCUT2D eigenvalue weighted by Crippen LogP contribution is -2.47. The molecule has 0 saturated carbocycles. The normalized spacial score (nSPS) is 21.9. The van der Waals surface area contributed by atoms with Gasteiger partial charge in [0.2, 0.25) is 0 Å². The average molecular weight is 360 g/mol. The van der Waals surface area contributed by atoms with E-state index in [1.54, 1.807) is 0 Å². The van der Waals surface area contributed by atoms with E-state index < -0.39 is 0 Å². The molecule has 1 aromatic carbocycles. The molecule has 26 heavy (non-hydrogen) atoms. The summed E-state index contributed by atoms with van der Waals surface area (Å²) in [5, 5.41) is 0. The monoisotopic (exact) mass is 360 g/mol. The molecule has 0 aromatic heterocycles. The number of carbonyl (C=O) groups excluding carboxylic acids is 1. The van der Waals surface area contributed by atoms with Crippen LogP contribution >= 0.6 is 0 Å². The molecule has 0 aliphatic carbocycles. The van der Waals surface area contributed by atoms with Crippen molar-refractivity contribution in [3.8, 4) is 5.75 Å². The van der Waals surface area contributed by atoms with Crippen LogP contribution in [0, 0.1) is 0 Å². The van der Waals surface area contributed by atoms with Crippen LogP contribution in [0.25, 0.3) is 0 Å². The topological polar surface area (TPSA) is 42.0 Å². The molecule has 2 heterocycles. The third kappa shape index (κ3) is 4.77. The van der Waals surface area contributed by atoms with E-state index in [9.17, 15) is 4.79 Å². The molecule has 0 radical (unpaired) electrons. The number of hydrogen-bond acceptors (Lipinski definition) is 4. The molecule has 2 saturated heterocycles. The zero-order chi connectivity index (χ0) is 18.5. The number of ether oxygens (including phenoxy) is 2. The predicted octanol–water partition coefficient (Wildman–Crippen LogP) is 3.19. The Morgan fingerprint density at radius 1 is 1.31 bits per heavy atom. The highest BCUT2D eigenvalue weighted by molar-refractivity contribution is 5.94. The van der Waals surface area contributed by atoms with E-state index in [0.29, 0.717) is 24.3 Å². The smallest absolute Gasteiger partial charge is 0.253 e. The van der Waals surface area contributed by atoms with Gasteiger partial charge in [0.25, 0.3) is 5.91 Å². The van der Waals surface area contributed by atoms with Gasteiger partial charge in [0.05, 0.1) is 6.10 Å². The summed E-state index contributed by atoms with van der Waals surface area (Å²) in [4.78, 5) is 17.3. The van der Waals surface area contributed by atoms with E-state index in [-0.39, 0.29) is 12.0 Å². The van der Waals surface area contributed by atoms with E-state index in [4.69, 9.17) is 9.47 Å². The van der Waals surface area contributed by atoms with Gasteiger partial charge in [-0.2, -0.15) is 0 Å². The Morgan fingerprint density at radius 3 is 2.73 bits per heavy atom. The number of rotatable bonds is 6. The van der Waals surface area contributed by atoms with E-state index in [1.165, 1.54) is 0 Å².